The number of urea groups is 1. The fourth-order valence-corrected chi connectivity index (χ4v) is 1.22. The van der Waals surface area contributed by atoms with E-state index in [0.29, 0.717) is 5.76 Å². The maximum Gasteiger partial charge on any atom is 0.322 e. The molecule has 1 heterocycles. The molecule has 3 amide bonds. The summed E-state index contributed by atoms with van der Waals surface area (Å²) in [6, 6.07) is 2.67. The van der Waals surface area contributed by atoms with Gasteiger partial charge in [-0.05, 0) is 26.0 Å². The lowest BCUT2D eigenvalue weighted by Gasteiger charge is -2.11. The summed E-state index contributed by atoms with van der Waals surface area (Å²) in [7, 11) is 0. The van der Waals surface area contributed by atoms with Crippen LogP contribution >= 0.6 is 11.6 Å². The molecule has 1 atom stereocenters. The average Bonchev–Trinajstić information content (AvgIpc) is 2.64. The molecule has 6 heteroatoms. The van der Waals surface area contributed by atoms with E-state index in [4.69, 9.17) is 16.0 Å². The lowest BCUT2D eigenvalue weighted by Crippen LogP contribution is -2.41. The van der Waals surface area contributed by atoms with Gasteiger partial charge in [-0.3, -0.25) is 10.1 Å². The van der Waals surface area contributed by atoms with E-state index in [2.05, 4.69) is 10.6 Å². The second kappa shape index (κ2) is 5.55. The molecule has 0 spiro atoms. The number of rotatable bonds is 3. The van der Waals surface area contributed by atoms with E-state index in [1.54, 1.807) is 19.1 Å². The molecule has 0 aliphatic carbocycles. The number of nitrogens with one attached hydrogen (secondary N) is 2. The Morgan fingerprint density at radius 2 is 2.19 bits per heavy atom. The van der Waals surface area contributed by atoms with Crippen molar-refractivity contribution in [3.05, 3.63) is 23.7 Å². The van der Waals surface area contributed by atoms with Crippen LogP contribution in [0.2, 0.25) is 0 Å². The Morgan fingerprint density at radius 1 is 1.50 bits per heavy atom. The Morgan fingerprint density at radius 3 is 2.69 bits per heavy atom. The van der Waals surface area contributed by atoms with Gasteiger partial charge in [0, 0.05) is 0 Å². The van der Waals surface area contributed by atoms with Gasteiger partial charge in [-0.25, -0.2) is 4.79 Å². The third-order valence-electron chi connectivity index (χ3n) is 1.91. The van der Waals surface area contributed by atoms with Gasteiger partial charge in [0.1, 0.15) is 17.4 Å². The standard InChI is InChI=1S/C10H13ClN2O3/c1-6-3-4-8(16-6)7(2)12-10(15)13-9(14)5-11/h3-4,7H,5H2,1-2H3,(H2,12,13,14,15). The molecular formula is C10H13ClN2O3. The van der Waals surface area contributed by atoms with E-state index in [9.17, 15) is 9.59 Å². The zero-order chi connectivity index (χ0) is 12.1. The van der Waals surface area contributed by atoms with E-state index in [1.165, 1.54) is 0 Å². The van der Waals surface area contributed by atoms with E-state index in [1.807, 2.05) is 6.92 Å². The van der Waals surface area contributed by atoms with Crippen molar-refractivity contribution in [1.82, 2.24) is 10.6 Å². The minimum atomic E-state index is -0.591. The number of furan rings is 1. The van der Waals surface area contributed by atoms with Gasteiger partial charge in [0.15, 0.2) is 0 Å². The van der Waals surface area contributed by atoms with Crippen molar-refractivity contribution in [1.29, 1.82) is 0 Å². The highest BCUT2D eigenvalue weighted by molar-refractivity contribution is 6.28. The monoisotopic (exact) mass is 244 g/mol. The van der Waals surface area contributed by atoms with Crippen molar-refractivity contribution < 1.29 is 14.0 Å². The largest absolute Gasteiger partial charge is 0.464 e. The van der Waals surface area contributed by atoms with Crippen molar-refractivity contribution in [2.45, 2.75) is 19.9 Å². The normalized spacial score (nSPS) is 11.9. The van der Waals surface area contributed by atoms with Crippen molar-refractivity contribution in [3.63, 3.8) is 0 Å². The molecule has 88 valence electrons. The molecule has 5 nitrogen and oxygen atoms in total. The molecule has 1 aromatic rings. The predicted octanol–water partition coefficient (Wildman–Crippen LogP) is 1.71. The van der Waals surface area contributed by atoms with Crippen LogP contribution in [0.1, 0.15) is 24.5 Å². The summed E-state index contributed by atoms with van der Waals surface area (Å²) < 4.78 is 5.32. The number of alkyl halides is 1. The third-order valence-corrected chi connectivity index (χ3v) is 2.15. The summed E-state index contributed by atoms with van der Waals surface area (Å²) in [5.74, 6) is 0.607. The third kappa shape index (κ3) is 3.58. The summed E-state index contributed by atoms with van der Waals surface area (Å²) in [5.41, 5.74) is 0. The number of carbonyl (C=O) groups is 2. The van der Waals surface area contributed by atoms with Crippen LogP contribution < -0.4 is 10.6 Å². The molecule has 0 fully saturated rings. The van der Waals surface area contributed by atoms with E-state index >= 15 is 0 Å². The van der Waals surface area contributed by atoms with Crippen LogP contribution in [0.3, 0.4) is 0 Å². The zero-order valence-electron chi connectivity index (χ0n) is 9.04. The minimum Gasteiger partial charge on any atom is -0.464 e. The number of imide groups is 1. The number of carbonyl (C=O) groups excluding carboxylic acids is 2. The molecule has 0 saturated heterocycles. The number of hydrogen-bond donors (Lipinski definition) is 2. The quantitative estimate of drug-likeness (QED) is 0.796. The van der Waals surface area contributed by atoms with Crippen LogP contribution in [0.25, 0.3) is 0 Å². The number of amides is 3. The maximum atomic E-state index is 11.3. The summed E-state index contributed by atoms with van der Waals surface area (Å²) >= 11 is 5.24. The average molecular weight is 245 g/mol. The summed E-state index contributed by atoms with van der Waals surface area (Å²) in [4.78, 5) is 22.1. The van der Waals surface area contributed by atoms with Crippen LogP contribution in [0.5, 0.6) is 0 Å². The lowest BCUT2D eigenvalue weighted by molar-refractivity contribution is -0.117. The summed E-state index contributed by atoms with van der Waals surface area (Å²) in [5, 5.41) is 4.63. The molecule has 1 rings (SSSR count). The van der Waals surface area contributed by atoms with Gasteiger partial charge in [0.2, 0.25) is 5.91 Å². The molecule has 0 radical (unpaired) electrons. The van der Waals surface area contributed by atoms with Crippen LogP contribution in [0.15, 0.2) is 16.5 Å². The van der Waals surface area contributed by atoms with Gasteiger partial charge in [-0.15, -0.1) is 11.6 Å². The Balaban J connectivity index is 2.48. The van der Waals surface area contributed by atoms with Gasteiger partial charge in [-0.1, -0.05) is 0 Å². The lowest BCUT2D eigenvalue weighted by atomic mass is 10.2. The topological polar surface area (TPSA) is 71.3 Å². The molecule has 0 aromatic carbocycles. The fraction of sp³-hybridized carbons (Fsp3) is 0.400. The fourth-order valence-electron chi connectivity index (χ4n) is 1.15. The smallest absolute Gasteiger partial charge is 0.322 e. The number of halogens is 1. The van der Waals surface area contributed by atoms with Gasteiger partial charge in [-0.2, -0.15) is 0 Å². The van der Waals surface area contributed by atoms with Crippen LogP contribution in [-0.4, -0.2) is 17.8 Å². The molecule has 1 unspecified atom stereocenters. The highest BCUT2D eigenvalue weighted by Crippen LogP contribution is 2.14. The first-order valence-electron chi connectivity index (χ1n) is 4.75. The maximum absolute atomic E-state index is 11.3. The number of hydrogen-bond acceptors (Lipinski definition) is 3. The van der Waals surface area contributed by atoms with Crippen molar-refractivity contribution >= 4 is 23.5 Å². The SMILES string of the molecule is Cc1ccc(C(C)NC(=O)NC(=O)CCl)o1. The first kappa shape index (κ1) is 12.6. The van der Waals surface area contributed by atoms with E-state index in [-0.39, 0.29) is 11.9 Å². The van der Waals surface area contributed by atoms with Gasteiger partial charge < -0.3 is 9.73 Å². The highest BCUT2D eigenvalue weighted by atomic mass is 35.5. The van der Waals surface area contributed by atoms with Crippen molar-refractivity contribution in [2.75, 3.05) is 5.88 Å². The van der Waals surface area contributed by atoms with Crippen LogP contribution in [0, 0.1) is 6.92 Å². The van der Waals surface area contributed by atoms with Crippen molar-refractivity contribution in [2.24, 2.45) is 0 Å². The first-order chi connectivity index (χ1) is 7.52. The first-order valence-corrected chi connectivity index (χ1v) is 5.29. The van der Waals surface area contributed by atoms with Crippen LogP contribution in [-0.2, 0) is 4.79 Å². The molecule has 0 aliphatic heterocycles. The molecule has 2 N–H and O–H groups in total. The zero-order valence-corrected chi connectivity index (χ0v) is 9.80. The Hall–Kier alpha value is -1.49. The van der Waals surface area contributed by atoms with Gasteiger partial charge in [0.05, 0.1) is 6.04 Å². The second-order valence-electron chi connectivity index (χ2n) is 3.33. The molecule has 0 bridgehead atoms. The summed E-state index contributed by atoms with van der Waals surface area (Å²) in [6.45, 7) is 3.57. The Kier molecular flexibility index (Phi) is 4.37. The van der Waals surface area contributed by atoms with Crippen molar-refractivity contribution in [3.8, 4) is 0 Å². The molecule has 1 aromatic heterocycles. The van der Waals surface area contributed by atoms with E-state index < -0.39 is 11.9 Å². The molecule has 16 heavy (non-hydrogen) atoms. The van der Waals surface area contributed by atoms with Gasteiger partial charge in [0.25, 0.3) is 0 Å². The van der Waals surface area contributed by atoms with Crippen LogP contribution in [0.4, 0.5) is 4.79 Å². The van der Waals surface area contributed by atoms with E-state index in [0.717, 1.165) is 5.76 Å². The molecule has 0 saturated carbocycles. The van der Waals surface area contributed by atoms with Gasteiger partial charge >= 0.3 is 6.03 Å². The Bertz CT molecular complexity index is 389. The molecular weight excluding hydrogens is 232 g/mol. The predicted molar refractivity (Wildman–Crippen MR) is 59.3 cm³/mol. The number of aryl methyl sites for hydroxylation is 1. The highest BCUT2D eigenvalue weighted by Gasteiger charge is 2.13. The second-order valence-corrected chi connectivity index (χ2v) is 3.59. The summed E-state index contributed by atoms with van der Waals surface area (Å²) in [6.07, 6.45) is 0. The molecule has 0 aliphatic rings. The Labute approximate surface area is 98.1 Å². The minimum absolute atomic E-state index is 0.248.